The third kappa shape index (κ3) is 5.39. The van der Waals surface area contributed by atoms with Crippen molar-refractivity contribution in [1.29, 1.82) is 0 Å². The molecule has 8 heteroatoms. The molecule has 1 amide bonds. The van der Waals surface area contributed by atoms with E-state index < -0.39 is 0 Å². The number of hydrogen-bond acceptors (Lipinski definition) is 5. The molecule has 1 aliphatic carbocycles. The van der Waals surface area contributed by atoms with Crippen LogP contribution < -0.4 is 10.2 Å². The molecule has 168 valence electrons. The van der Waals surface area contributed by atoms with Crippen LogP contribution in [0.25, 0.3) is 0 Å². The summed E-state index contributed by atoms with van der Waals surface area (Å²) in [6.45, 7) is 6.01. The van der Waals surface area contributed by atoms with Gasteiger partial charge in [0.2, 0.25) is 0 Å². The van der Waals surface area contributed by atoms with Crippen molar-refractivity contribution in [2.75, 3.05) is 31.1 Å². The number of nitrogens with zero attached hydrogens (tertiary/aromatic N) is 3. The summed E-state index contributed by atoms with van der Waals surface area (Å²) in [5.74, 6) is 0.246. The molecule has 1 aromatic heterocycles. The minimum atomic E-state index is -0.360. The molecule has 1 N–H and O–H groups in total. The van der Waals surface area contributed by atoms with Gasteiger partial charge in [0.1, 0.15) is 12.1 Å². The number of oxazole rings is 1. The van der Waals surface area contributed by atoms with E-state index in [2.05, 4.69) is 27.0 Å². The number of anilines is 1. The minimum absolute atomic E-state index is 0.134. The van der Waals surface area contributed by atoms with Crippen molar-refractivity contribution in [1.82, 2.24) is 15.2 Å². The highest BCUT2D eigenvalue weighted by Gasteiger charge is 2.28. The van der Waals surface area contributed by atoms with E-state index in [-0.39, 0.29) is 34.7 Å². The highest BCUT2D eigenvalue weighted by molar-refractivity contribution is 6.33. The van der Waals surface area contributed by atoms with Crippen molar-refractivity contribution in [3.8, 4) is 0 Å². The van der Waals surface area contributed by atoms with Gasteiger partial charge in [0.25, 0.3) is 5.89 Å². The monoisotopic (exact) mass is 448 g/mol. The molecule has 2 aliphatic rings. The molecule has 31 heavy (non-hydrogen) atoms. The van der Waals surface area contributed by atoms with Crippen LogP contribution in [0, 0.1) is 11.7 Å². The van der Waals surface area contributed by atoms with Gasteiger partial charge in [-0.2, -0.15) is 0 Å². The highest BCUT2D eigenvalue weighted by Crippen LogP contribution is 2.32. The quantitative estimate of drug-likeness (QED) is 0.711. The molecular weight excluding hydrogens is 419 g/mol. The van der Waals surface area contributed by atoms with Crippen LogP contribution in [-0.2, 0) is 0 Å². The Labute approximate surface area is 187 Å². The van der Waals surface area contributed by atoms with E-state index in [1.165, 1.54) is 24.9 Å². The molecule has 1 saturated heterocycles. The van der Waals surface area contributed by atoms with E-state index in [9.17, 15) is 9.18 Å². The number of benzene rings is 1. The van der Waals surface area contributed by atoms with E-state index >= 15 is 0 Å². The Morgan fingerprint density at radius 1 is 1.29 bits per heavy atom. The fraction of sp³-hybridized carbons (Fsp3) is 0.565. The molecule has 6 nitrogen and oxygen atoms in total. The standard InChI is InChI=1S/C23H30ClFN4O2/c1-16-15-28(12-13-29(16)20-4-2-3-19(25)21(20)24)11-9-17-5-7-18(8-6-17)27-22(30)23-26-10-14-31-23/h2-4,10,14,16-18H,5-9,11-13,15H2,1H3,(H,27,30). The van der Waals surface area contributed by atoms with Gasteiger partial charge in [-0.3, -0.25) is 9.69 Å². The second-order valence-corrected chi connectivity index (χ2v) is 9.11. The summed E-state index contributed by atoms with van der Waals surface area (Å²) in [5, 5.41) is 3.25. The van der Waals surface area contributed by atoms with Crippen molar-refractivity contribution < 1.29 is 13.6 Å². The SMILES string of the molecule is CC1CN(CCC2CCC(NC(=O)c3ncco3)CC2)CCN1c1cccc(F)c1Cl. The lowest BCUT2D eigenvalue weighted by atomic mass is 9.84. The summed E-state index contributed by atoms with van der Waals surface area (Å²) in [4.78, 5) is 20.7. The van der Waals surface area contributed by atoms with Gasteiger partial charge in [-0.05, 0) is 63.6 Å². The number of carbonyl (C=O) groups excluding carboxylic acids is 1. The predicted molar refractivity (Wildman–Crippen MR) is 119 cm³/mol. The maximum absolute atomic E-state index is 13.8. The largest absolute Gasteiger partial charge is 0.441 e. The van der Waals surface area contributed by atoms with Crippen LogP contribution in [0.15, 0.2) is 35.1 Å². The third-order valence-corrected chi connectivity index (χ3v) is 6.99. The minimum Gasteiger partial charge on any atom is -0.441 e. The first-order valence-electron chi connectivity index (χ1n) is 11.1. The van der Waals surface area contributed by atoms with Gasteiger partial charge in [-0.1, -0.05) is 17.7 Å². The lowest BCUT2D eigenvalue weighted by Gasteiger charge is -2.42. The van der Waals surface area contributed by atoms with Crippen LogP contribution in [0.5, 0.6) is 0 Å². The fourth-order valence-corrected chi connectivity index (χ4v) is 5.09. The Morgan fingerprint density at radius 3 is 2.81 bits per heavy atom. The van der Waals surface area contributed by atoms with E-state index in [0.29, 0.717) is 5.92 Å². The second-order valence-electron chi connectivity index (χ2n) is 8.73. The molecule has 1 atom stereocenters. The topological polar surface area (TPSA) is 61.6 Å². The van der Waals surface area contributed by atoms with Gasteiger partial charge in [-0.25, -0.2) is 9.37 Å². The number of amides is 1. The number of aromatic nitrogens is 1. The summed E-state index contributed by atoms with van der Waals surface area (Å²) in [7, 11) is 0. The average Bonchev–Trinajstić information content (AvgIpc) is 3.31. The molecule has 4 rings (SSSR count). The zero-order chi connectivity index (χ0) is 21.8. The molecule has 2 heterocycles. The van der Waals surface area contributed by atoms with Crippen molar-refractivity contribution >= 4 is 23.2 Å². The lowest BCUT2D eigenvalue weighted by Crippen LogP contribution is -2.52. The van der Waals surface area contributed by atoms with Crippen LogP contribution >= 0.6 is 11.6 Å². The normalized spacial score (nSPS) is 24.9. The Morgan fingerprint density at radius 2 is 2.10 bits per heavy atom. The number of hydrogen-bond donors (Lipinski definition) is 1. The number of piperazine rings is 1. The number of rotatable bonds is 6. The molecule has 0 spiro atoms. The fourth-order valence-electron chi connectivity index (χ4n) is 4.85. The van der Waals surface area contributed by atoms with E-state index in [4.69, 9.17) is 16.0 Å². The second kappa shape index (κ2) is 10.0. The van der Waals surface area contributed by atoms with Gasteiger partial charge in [-0.15, -0.1) is 0 Å². The summed E-state index contributed by atoms with van der Waals surface area (Å²) in [5.41, 5.74) is 0.791. The number of carbonyl (C=O) groups is 1. The molecule has 0 radical (unpaired) electrons. The maximum Gasteiger partial charge on any atom is 0.307 e. The molecule has 2 fully saturated rings. The summed E-state index contributed by atoms with van der Waals surface area (Å²) in [6, 6.07) is 5.52. The first kappa shape index (κ1) is 22.1. The van der Waals surface area contributed by atoms with Crippen LogP contribution in [0.4, 0.5) is 10.1 Å². The lowest BCUT2D eigenvalue weighted by molar-refractivity contribution is 0.0884. The Bertz CT molecular complexity index is 870. The van der Waals surface area contributed by atoms with Crippen molar-refractivity contribution in [2.45, 2.75) is 51.1 Å². The summed E-state index contributed by atoms with van der Waals surface area (Å²) >= 11 is 6.20. The van der Waals surface area contributed by atoms with Crippen molar-refractivity contribution in [3.63, 3.8) is 0 Å². The Balaban J connectivity index is 1.19. The van der Waals surface area contributed by atoms with Crippen molar-refractivity contribution in [3.05, 3.63) is 47.4 Å². The third-order valence-electron chi connectivity index (χ3n) is 6.61. The molecule has 1 saturated carbocycles. The van der Waals surface area contributed by atoms with Gasteiger partial charge >= 0.3 is 5.91 Å². The van der Waals surface area contributed by atoms with Gasteiger partial charge in [0, 0.05) is 31.7 Å². The molecule has 1 unspecified atom stereocenters. The predicted octanol–water partition coefficient (Wildman–Crippen LogP) is 4.36. The first-order valence-corrected chi connectivity index (χ1v) is 11.5. The van der Waals surface area contributed by atoms with Crippen LogP contribution in [-0.4, -0.2) is 54.1 Å². The van der Waals surface area contributed by atoms with Crippen LogP contribution in [0.1, 0.15) is 49.7 Å². The van der Waals surface area contributed by atoms with Crippen LogP contribution in [0.2, 0.25) is 5.02 Å². The van der Waals surface area contributed by atoms with Gasteiger partial charge in [0.15, 0.2) is 0 Å². The maximum atomic E-state index is 13.8. The van der Waals surface area contributed by atoms with Crippen molar-refractivity contribution in [2.24, 2.45) is 5.92 Å². The Kier molecular flexibility index (Phi) is 7.13. The average molecular weight is 449 g/mol. The smallest absolute Gasteiger partial charge is 0.307 e. The summed E-state index contributed by atoms with van der Waals surface area (Å²) < 4.78 is 18.9. The van der Waals surface area contributed by atoms with Gasteiger partial charge in [0.05, 0.1) is 16.9 Å². The molecule has 0 bridgehead atoms. The van der Waals surface area contributed by atoms with E-state index in [1.807, 2.05) is 6.07 Å². The molecule has 2 aromatic rings. The number of halogens is 2. The zero-order valence-corrected chi connectivity index (χ0v) is 18.7. The van der Waals surface area contributed by atoms with Crippen LogP contribution in [0.3, 0.4) is 0 Å². The zero-order valence-electron chi connectivity index (χ0n) is 17.9. The first-order chi connectivity index (χ1) is 15.0. The highest BCUT2D eigenvalue weighted by atomic mass is 35.5. The van der Waals surface area contributed by atoms with E-state index in [1.54, 1.807) is 6.07 Å². The number of nitrogens with one attached hydrogen (secondary N) is 1. The Hall–Kier alpha value is -2.12. The molecule has 1 aromatic carbocycles. The molecular formula is C23H30ClFN4O2. The van der Waals surface area contributed by atoms with E-state index in [0.717, 1.165) is 57.5 Å². The summed E-state index contributed by atoms with van der Waals surface area (Å²) in [6.07, 6.45) is 8.33. The van der Waals surface area contributed by atoms with Gasteiger partial charge < -0.3 is 14.6 Å². The molecule has 1 aliphatic heterocycles.